The summed E-state index contributed by atoms with van der Waals surface area (Å²) >= 11 is 0. The summed E-state index contributed by atoms with van der Waals surface area (Å²) in [7, 11) is 0. The second-order valence-corrected chi connectivity index (χ2v) is 3.89. The van der Waals surface area contributed by atoms with E-state index in [0.717, 1.165) is 25.7 Å². The molecule has 0 saturated heterocycles. The molecule has 0 bridgehead atoms. The average molecular weight is 195 g/mol. The Morgan fingerprint density at radius 1 is 1.50 bits per heavy atom. The van der Waals surface area contributed by atoms with Crippen molar-refractivity contribution in [1.29, 1.82) is 0 Å². The van der Waals surface area contributed by atoms with Crippen molar-refractivity contribution in [3.63, 3.8) is 0 Å². The first-order valence-electron chi connectivity index (χ1n) is 4.80. The smallest absolute Gasteiger partial charge is 0.311 e. The molecule has 14 heavy (non-hydrogen) atoms. The third-order valence-electron chi connectivity index (χ3n) is 2.95. The van der Waals surface area contributed by atoms with E-state index < -0.39 is 11.4 Å². The molecule has 76 valence electrons. The third kappa shape index (κ3) is 1.49. The monoisotopic (exact) mass is 195 g/mol. The number of aromatic nitrogens is 3. The Morgan fingerprint density at radius 3 is 2.71 bits per heavy atom. The van der Waals surface area contributed by atoms with Gasteiger partial charge < -0.3 is 5.11 Å². The maximum atomic E-state index is 11.2. The first kappa shape index (κ1) is 9.18. The first-order chi connectivity index (χ1) is 6.73. The van der Waals surface area contributed by atoms with Crippen molar-refractivity contribution in [1.82, 2.24) is 15.0 Å². The number of aliphatic carboxylic acids is 1. The van der Waals surface area contributed by atoms with Crippen molar-refractivity contribution >= 4 is 5.97 Å². The van der Waals surface area contributed by atoms with E-state index in [1.54, 1.807) is 17.1 Å². The molecule has 0 spiro atoms. The molecular formula is C9H13N3O2. The van der Waals surface area contributed by atoms with Crippen LogP contribution in [0.2, 0.25) is 0 Å². The fourth-order valence-electron chi connectivity index (χ4n) is 2.12. The molecular weight excluding hydrogens is 182 g/mol. The molecule has 2 rings (SSSR count). The number of rotatable bonds is 3. The summed E-state index contributed by atoms with van der Waals surface area (Å²) in [5.41, 5.74) is -0.603. The Hall–Kier alpha value is -1.39. The Kier molecular flexibility index (Phi) is 2.23. The van der Waals surface area contributed by atoms with Crippen LogP contribution in [-0.2, 0) is 11.3 Å². The minimum absolute atomic E-state index is 0.447. The molecule has 5 nitrogen and oxygen atoms in total. The third-order valence-corrected chi connectivity index (χ3v) is 2.95. The van der Waals surface area contributed by atoms with Gasteiger partial charge in [0.1, 0.15) is 0 Å². The highest BCUT2D eigenvalue weighted by Crippen LogP contribution is 2.39. The number of carboxylic acids is 1. The van der Waals surface area contributed by atoms with Crippen molar-refractivity contribution in [2.24, 2.45) is 5.41 Å². The van der Waals surface area contributed by atoms with E-state index in [0.29, 0.717) is 6.54 Å². The quantitative estimate of drug-likeness (QED) is 0.778. The second kappa shape index (κ2) is 3.40. The zero-order valence-corrected chi connectivity index (χ0v) is 7.89. The fourth-order valence-corrected chi connectivity index (χ4v) is 2.12. The van der Waals surface area contributed by atoms with Gasteiger partial charge in [0.2, 0.25) is 0 Å². The molecule has 1 aromatic heterocycles. The molecule has 0 aromatic carbocycles. The lowest BCUT2D eigenvalue weighted by molar-refractivity contribution is -0.149. The Balaban J connectivity index is 2.16. The predicted molar refractivity (Wildman–Crippen MR) is 48.6 cm³/mol. The lowest BCUT2D eigenvalue weighted by Gasteiger charge is -2.22. The fraction of sp³-hybridized carbons (Fsp3) is 0.667. The van der Waals surface area contributed by atoms with Gasteiger partial charge in [-0.15, -0.1) is 5.10 Å². The molecule has 1 fully saturated rings. The Labute approximate surface area is 81.7 Å². The molecule has 1 N–H and O–H groups in total. The van der Waals surface area contributed by atoms with Gasteiger partial charge in [-0.3, -0.25) is 9.48 Å². The van der Waals surface area contributed by atoms with E-state index in [4.69, 9.17) is 0 Å². The van der Waals surface area contributed by atoms with Crippen molar-refractivity contribution in [2.45, 2.75) is 32.2 Å². The topological polar surface area (TPSA) is 68.0 Å². The van der Waals surface area contributed by atoms with E-state index in [1.165, 1.54) is 0 Å². The van der Waals surface area contributed by atoms with Crippen molar-refractivity contribution in [3.05, 3.63) is 12.4 Å². The van der Waals surface area contributed by atoms with Crippen LogP contribution in [0.1, 0.15) is 25.7 Å². The van der Waals surface area contributed by atoms with Crippen LogP contribution in [0.5, 0.6) is 0 Å². The summed E-state index contributed by atoms with van der Waals surface area (Å²) in [5.74, 6) is -0.703. The predicted octanol–water partition coefficient (Wildman–Crippen LogP) is 0.923. The summed E-state index contributed by atoms with van der Waals surface area (Å²) < 4.78 is 1.61. The molecule has 0 unspecified atom stereocenters. The van der Waals surface area contributed by atoms with Gasteiger partial charge in [-0.05, 0) is 12.8 Å². The molecule has 0 atom stereocenters. The lowest BCUT2D eigenvalue weighted by atomic mass is 9.86. The van der Waals surface area contributed by atoms with E-state index in [-0.39, 0.29) is 0 Å². The van der Waals surface area contributed by atoms with Crippen molar-refractivity contribution < 1.29 is 9.90 Å². The molecule has 1 heterocycles. The lowest BCUT2D eigenvalue weighted by Crippen LogP contribution is -2.33. The minimum Gasteiger partial charge on any atom is -0.481 e. The van der Waals surface area contributed by atoms with Crippen LogP contribution < -0.4 is 0 Å². The Morgan fingerprint density at radius 2 is 2.21 bits per heavy atom. The van der Waals surface area contributed by atoms with E-state index in [1.807, 2.05) is 0 Å². The number of carbonyl (C=O) groups is 1. The maximum Gasteiger partial charge on any atom is 0.311 e. The summed E-state index contributed by atoms with van der Waals surface area (Å²) in [6.07, 6.45) is 6.79. The van der Waals surface area contributed by atoms with Gasteiger partial charge in [0.15, 0.2) is 0 Å². The first-order valence-corrected chi connectivity index (χ1v) is 4.80. The molecule has 1 aliphatic carbocycles. The highest BCUT2D eigenvalue weighted by molar-refractivity contribution is 5.74. The second-order valence-electron chi connectivity index (χ2n) is 3.89. The van der Waals surface area contributed by atoms with E-state index in [9.17, 15) is 9.90 Å². The molecule has 0 amide bonds. The zero-order chi connectivity index (χ0) is 10.0. The van der Waals surface area contributed by atoms with Gasteiger partial charge in [-0.25, -0.2) is 0 Å². The van der Waals surface area contributed by atoms with Gasteiger partial charge in [0.05, 0.1) is 18.2 Å². The SMILES string of the molecule is O=C(O)C1(Cn2ccnn2)CCCC1. The minimum atomic E-state index is -0.703. The highest BCUT2D eigenvalue weighted by Gasteiger charge is 2.41. The highest BCUT2D eigenvalue weighted by atomic mass is 16.4. The van der Waals surface area contributed by atoms with Gasteiger partial charge in [0, 0.05) is 6.20 Å². The summed E-state index contributed by atoms with van der Waals surface area (Å²) in [6, 6.07) is 0. The van der Waals surface area contributed by atoms with Gasteiger partial charge in [-0.1, -0.05) is 18.1 Å². The maximum absolute atomic E-state index is 11.2. The van der Waals surface area contributed by atoms with E-state index in [2.05, 4.69) is 10.3 Å². The molecule has 5 heteroatoms. The number of hydrogen-bond donors (Lipinski definition) is 1. The van der Waals surface area contributed by atoms with Crippen LogP contribution in [0.4, 0.5) is 0 Å². The van der Waals surface area contributed by atoms with Crippen LogP contribution in [0.25, 0.3) is 0 Å². The van der Waals surface area contributed by atoms with Crippen LogP contribution in [-0.4, -0.2) is 26.1 Å². The van der Waals surface area contributed by atoms with Crippen LogP contribution in [0.3, 0.4) is 0 Å². The molecule has 0 aliphatic heterocycles. The van der Waals surface area contributed by atoms with E-state index >= 15 is 0 Å². The normalized spacial score (nSPS) is 19.7. The average Bonchev–Trinajstić information content (AvgIpc) is 2.76. The largest absolute Gasteiger partial charge is 0.481 e. The summed E-state index contributed by atoms with van der Waals surface area (Å²) in [6.45, 7) is 0.447. The number of carboxylic acid groups (broad SMARTS) is 1. The summed E-state index contributed by atoms with van der Waals surface area (Å²) in [5, 5.41) is 16.7. The number of nitrogens with zero attached hydrogens (tertiary/aromatic N) is 3. The van der Waals surface area contributed by atoms with Crippen LogP contribution >= 0.6 is 0 Å². The zero-order valence-electron chi connectivity index (χ0n) is 7.89. The molecule has 1 aromatic rings. The van der Waals surface area contributed by atoms with Crippen LogP contribution in [0.15, 0.2) is 12.4 Å². The molecule has 1 aliphatic rings. The Bertz CT molecular complexity index is 315. The standard InChI is InChI=1S/C9H13N3O2/c13-8(14)9(3-1-2-4-9)7-12-6-5-10-11-12/h5-6H,1-4,7H2,(H,13,14). The van der Waals surface area contributed by atoms with Gasteiger partial charge in [-0.2, -0.15) is 0 Å². The van der Waals surface area contributed by atoms with Crippen molar-refractivity contribution in [2.75, 3.05) is 0 Å². The number of hydrogen-bond acceptors (Lipinski definition) is 3. The van der Waals surface area contributed by atoms with Gasteiger partial charge >= 0.3 is 5.97 Å². The summed E-state index contributed by atoms with van der Waals surface area (Å²) in [4.78, 5) is 11.2. The van der Waals surface area contributed by atoms with Gasteiger partial charge in [0.25, 0.3) is 0 Å². The van der Waals surface area contributed by atoms with Crippen LogP contribution in [0, 0.1) is 5.41 Å². The molecule has 0 radical (unpaired) electrons. The van der Waals surface area contributed by atoms with Crippen molar-refractivity contribution in [3.8, 4) is 0 Å². The molecule has 1 saturated carbocycles.